The van der Waals surface area contributed by atoms with Crippen LogP contribution in [0.15, 0.2) is 0 Å². The van der Waals surface area contributed by atoms with Crippen LogP contribution >= 0.6 is 0 Å². The number of nitrogens with two attached hydrogens (primary N) is 1. The number of amides is 1. The average Bonchev–Trinajstić information content (AvgIpc) is 2.42. The van der Waals surface area contributed by atoms with Crippen LogP contribution in [0.3, 0.4) is 0 Å². The molecule has 0 spiro atoms. The lowest BCUT2D eigenvalue weighted by Crippen LogP contribution is -2.50. The van der Waals surface area contributed by atoms with E-state index in [4.69, 9.17) is 5.73 Å². The number of hydrogen-bond acceptors (Lipinski definition) is 4. The Bertz CT molecular complexity index is 429. The van der Waals surface area contributed by atoms with Gasteiger partial charge < -0.3 is 10.6 Å². The summed E-state index contributed by atoms with van der Waals surface area (Å²) in [5.74, 6) is 1.14. The predicted molar refractivity (Wildman–Crippen MR) is 84.2 cm³/mol. The number of rotatable bonds is 7. The molecule has 1 rings (SSSR count). The zero-order valence-corrected chi connectivity index (χ0v) is 14.2. The van der Waals surface area contributed by atoms with Gasteiger partial charge in [0, 0.05) is 32.6 Å². The summed E-state index contributed by atoms with van der Waals surface area (Å²) in [6.07, 6.45) is 3.55. The number of sulfonamides is 1. The zero-order valence-electron chi connectivity index (χ0n) is 13.4. The van der Waals surface area contributed by atoms with E-state index in [0.717, 1.165) is 12.8 Å². The molecule has 1 aliphatic rings. The third kappa shape index (κ3) is 5.92. The first-order valence-electron chi connectivity index (χ1n) is 7.68. The van der Waals surface area contributed by atoms with Crippen LogP contribution in [0.25, 0.3) is 0 Å². The van der Waals surface area contributed by atoms with Crippen LogP contribution in [0, 0.1) is 11.8 Å². The summed E-state index contributed by atoms with van der Waals surface area (Å²) in [6, 6.07) is 0. The van der Waals surface area contributed by atoms with E-state index >= 15 is 0 Å². The fourth-order valence-corrected chi connectivity index (χ4v) is 3.59. The lowest BCUT2D eigenvalue weighted by atomic mass is 9.88. The van der Waals surface area contributed by atoms with Gasteiger partial charge in [-0.25, -0.2) is 8.42 Å². The van der Waals surface area contributed by atoms with E-state index in [1.807, 2.05) is 0 Å². The molecule has 0 aromatic rings. The van der Waals surface area contributed by atoms with Crippen LogP contribution in [0.1, 0.15) is 33.1 Å². The second-order valence-corrected chi connectivity index (χ2v) is 8.15. The van der Waals surface area contributed by atoms with Crippen molar-refractivity contribution in [1.29, 1.82) is 0 Å². The monoisotopic (exact) mass is 319 g/mol. The summed E-state index contributed by atoms with van der Waals surface area (Å²) in [7, 11) is -3.14. The molecular formula is C14H29N3O3S. The standard InChI is InChI=1S/C14H29N3O3S/c1-12(2)13(6-7-15)4-5-14(18)16-8-10-17(11-9-16)21(3,19)20/h12-13H,4-11,15H2,1-3H3. The van der Waals surface area contributed by atoms with Crippen molar-refractivity contribution in [2.45, 2.75) is 33.1 Å². The first-order chi connectivity index (χ1) is 9.75. The first-order valence-corrected chi connectivity index (χ1v) is 9.53. The molecule has 1 amide bonds. The van der Waals surface area contributed by atoms with Gasteiger partial charge >= 0.3 is 0 Å². The maximum absolute atomic E-state index is 12.2. The molecule has 1 aliphatic heterocycles. The Labute approximate surface area is 128 Å². The highest BCUT2D eigenvalue weighted by Crippen LogP contribution is 2.21. The molecule has 7 heteroatoms. The van der Waals surface area contributed by atoms with Crippen molar-refractivity contribution in [3.05, 3.63) is 0 Å². The van der Waals surface area contributed by atoms with Gasteiger partial charge in [0.05, 0.1) is 6.26 Å². The van der Waals surface area contributed by atoms with Gasteiger partial charge in [-0.3, -0.25) is 4.79 Å². The van der Waals surface area contributed by atoms with Gasteiger partial charge in [-0.2, -0.15) is 4.31 Å². The Morgan fingerprint density at radius 3 is 2.14 bits per heavy atom. The highest BCUT2D eigenvalue weighted by atomic mass is 32.2. The van der Waals surface area contributed by atoms with Gasteiger partial charge in [-0.05, 0) is 31.2 Å². The Hall–Kier alpha value is -0.660. The normalized spacial score (nSPS) is 19.0. The van der Waals surface area contributed by atoms with Crippen LogP contribution in [0.5, 0.6) is 0 Å². The topological polar surface area (TPSA) is 83.7 Å². The molecule has 6 nitrogen and oxygen atoms in total. The Kier molecular flexibility index (Phi) is 7.09. The molecule has 1 saturated heterocycles. The summed E-state index contributed by atoms with van der Waals surface area (Å²) in [4.78, 5) is 14.0. The summed E-state index contributed by atoms with van der Waals surface area (Å²) < 4.78 is 24.3. The molecule has 124 valence electrons. The highest BCUT2D eigenvalue weighted by molar-refractivity contribution is 7.88. The number of carbonyl (C=O) groups excluding carboxylic acids is 1. The summed E-state index contributed by atoms with van der Waals surface area (Å²) >= 11 is 0. The minimum Gasteiger partial charge on any atom is -0.340 e. The number of carbonyl (C=O) groups is 1. The van der Waals surface area contributed by atoms with Crippen molar-refractivity contribution in [2.75, 3.05) is 39.0 Å². The number of nitrogens with zero attached hydrogens (tertiary/aromatic N) is 2. The summed E-state index contributed by atoms with van der Waals surface area (Å²) in [6.45, 7) is 6.78. The molecule has 1 heterocycles. The van der Waals surface area contributed by atoms with Crippen molar-refractivity contribution in [2.24, 2.45) is 17.6 Å². The van der Waals surface area contributed by atoms with E-state index in [2.05, 4.69) is 13.8 Å². The van der Waals surface area contributed by atoms with Crippen LogP contribution in [0.4, 0.5) is 0 Å². The third-order valence-electron chi connectivity index (χ3n) is 4.27. The molecule has 0 aromatic carbocycles. The SMILES string of the molecule is CC(C)C(CCN)CCC(=O)N1CCN(S(C)(=O)=O)CC1. The molecule has 0 aliphatic carbocycles. The fourth-order valence-electron chi connectivity index (χ4n) is 2.76. The van der Waals surface area contributed by atoms with E-state index in [-0.39, 0.29) is 5.91 Å². The zero-order chi connectivity index (χ0) is 16.0. The van der Waals surface area contributed by atoms with Crippen molar-refractivity contribution in [1.82, 2.24) is 9.21 Å². The van der Waals surface area contributed by atoms with Crippen molar-refractivity contribution in [3.63, 3.8) is 0 Å². The van der Waals surface area contributed by atoms with E-state index in [1.54, 1.807) is 4.90 Å². The minimum atomic E-state index is -3.14. The lowest BCUT2D eigenvalue weighted by Gasteiger charge is -2.33. The van der Waals surface area contributed by atoms with E-state index in [9.17, 15) is 13.2 Å². The predicted octanol–water partition coefficient (Wildman–Crippen LogP) is 0.491. The van der Waals surface area contributed by atoms with Gasteiger partial charge in [0.25, 0.3) is 0 Å². The van der Waals surface area contributed by atoms with Gasteiger partial charge in [0.15, 0.2) is 0 Å². The molecule has 0 radical (unpaired) electrons. The maximum Gasteiger partial charge on any atom is 0.222 e. The van der Waals surface area contributed by atoms with Crippen LogP contribution in [0.2, 0.25) is 0 Å². The minimum absolute atomic E-state index is 0.130. The largest absolute Gasteiger partial charge is 0.340 e. The molecule has 0 saturated carbocycles. The van der Waals surface area contributed by atoms with Gasteiger partial charge in [-0.15, -0.1) is 0 Å². The van der Waals surface area contributed by atoms with Gasteiger partial charge in [0.1, 0.15) is 0 Å². The molecule has 1 fully saturated rings. The Morgan fingerprint density at radius 1 is 1.14 bits per heavy atom. The molecule has 0 bridgehead atoms. The number of piperazine rings is 1. The third-order valence-corrected chi connectivity index (χ3v) is 5.57. The summed E-state index contributed by atoms with van der Waals surface area (Å²) in [5, 5.41) is 0. The van der Waals surface area contributed by atoms with E-state index in [1.165, 1.54) is 10.6 Å². The first kappa shape index (κ1) is 18.4. The van der Waals surface area contributed by atoms with Crippen molar-refractivity contribution >= 4 is 15.9 Å². The molecular weight excluding hydrogens is 290 g/mol. The Morgan fingerprint density at radius 2 is 1.71 bits per heavy atom. The second-order valence-electron chi connectivity index (χ2n) is 6.16. The number of hydrogen-bond donors (Lipinski definition) is 1. The smallest absolute Gasteiger partial charge is 0.222 e. The molecule has 1 atom stereocenters. The van der Waals surface area contributed by atoms with Crippen LogP contribution in [-0.2, 0) is 14.8 Å². The average molecular weight is 319 g/mol. The van der Waals surface area contributed by atoms with Gasteiger partial charge in [0.2, 0.25) is 15.9 Å². The van der Waals surface area contributed by atoms with Crippen LogP contribution in [-0.4, -0.2) is 62.5 Å². The van der Waals surface area contributed by atoms with E-state index in [0.29, 0.717) is 51.0 Å². The second kappa shape index (κ2) is 8.10. The molecule has 1 unspecified atom stereocenters. The Balaban J connectivity index is 2.40. The van der Waals surface area contributed by atoms with Gasteiger partial charge in [-0.1, -0.05) is 13.8 Å². The highest BCUT2D eigenvalue weighted by Gasteiger charge is 2.26. The van der Waals surface area contributed by atoms with Crippen LogP contribution < -0.4 is 5.73 Å². The lowest BCUT2D eigenvalue weighted by molar-refractivity contribution is -0.132. The summed E-state index contributed by atoms with van der Waals surface area (Å²) in [5.41, 5.74) is 5.61. The quantitative estimate of drug-likeness (QED) is 0.740. The fraction of sp³-hybridized carbons (Fsp3) is 0.929. The molecule has 21 heavy (non-hydrogen) atoms. The van der Waals surface area contributed by atoms with Crippen molar-refractivity contribution in [3.8, 4) is 0 Å². The molecule has 0 aromatic heterocycles. The van der Waals surface area contributed by atoms with E-state index < -0.39 is 10.0 Å². The maximum atomic E-state index is 12.2. The molecule has 2 N–H and O–H groups in total. The van der Waals surface area contributed by atoms with Crippen molar-refractivity contribution < 1.29 is 13.2 Å².